The summed E-state index contributed by atoms with van der Waals surface area (Å²) in [5.41, 5.74) is 3.20. The number of rotatable bonds is 7. The van der Waals surface area contributed by atoms with E-state index < -0.39 is 0 Å². The Balaban J connectivity index is 1.68. The number of benzene rings is 1. The molecule has 5 heteroatoms. The van der Waals surface area contributed by atoms with E-state index in [1.165, 1.54) is 5.56 Å². The van der Waals surface area contributed by atoms with E-state index in [0.29, 0.717) is 5.91 Å². The SMILES string of the molecule is CCCCN(CC)C(=O)[C@H]1CCCN(c2ccc(-c3ccccc3C)nn2)C1. The molecule has 0 unspecified atom stereocenters. The highest BCUT2D eigenvalue weighted by atomic mass is 16.2. The molecular weight excluding hydrogens is 348 g/mol. The Kier molecular flexibility index (Phi) is 7.01. The lowest BCUT2D eigenvalue weighted by molar-refractivity contribution is -0.135. The summed E-state index contributed by atoms with van der Waals surface area (Å²) in [6.07, 6.45) is 4.17. The standard InChI is InChI=1S/C23H32N4O/c1-4-6-15-26(5-2)23(28)19-11-9-16-27(17-19)22-14-13-21(24-25-22)20-12-8-7-10-18(20)3/h7-8,10,12-14,19H,4-6,9,11,15-17H2,1-3H3/t19-/m0/s1. The lowest BCUT2D eigenvalue weighted by Gasteiger charge is -2.35. The van der Waals surface area contributed by atoms with Crippen molar-refractivity contribution in [3.63, 3.8) is 0 Å². The molecule has 3 rings (SSSR count). The molecule has 0 saturated carbocycles. The van der Waals surface area contributed by atoms with E-state index in [-0.39, 0.29) is 5.92 Å². The van der Waals surface area contributed by atoms with E-state index in [4.69, 9.17) is 0 Å². The molecule has 1 aliphatic rings. The number of aromatic nitrogens is 2. The number of nitrogens with zero attached hydrogens (tertiary/aromatic N) is 4. The number of unbranched alkanes of at least 4 members (excludes halogenated alkanes) is 1. The maximum Gasteiger partial charge on any atom is 0.227 e. The van der Waals surface area contributed by atoms with E-state index in [9.17, 15) is 4.79 Å². The van der Waals surface area contributed by atoms with E-state index in [0.717, 1.165) is 68.9 Å². The predicted molar refractivity (Wildman–Crippen MR) is 114 cm³/mol. The fraction of sp³-hybridized carbons (Fsp3) is 0.522. The van der Waals surface area contributed by atoms with Gasteiger partial charge in [0.25, 0.3) is 0 Å². The third-order valence-electron chi connectivity index (χ3n) is 5.64. The minimum Gasteiger partial charge on any atom is -0.354 e. The number of hydrogen-bond donors (Lipinski definition) is 0. The molecule has 0 spiro atoms. The van der Waals surface area contributed by atoms with Crippen molar-refractivity contribution in [1.82, 2.24) is 15.1 Å². The van der Waals surface area contributed by atoms with Gasteiger partial charge in [-0.2, -0.15) is 0 Å². The summed E-state index contributed by atoms with van der Waals surface area (Å²) in [6.45, 7) is 9.66. The lowest BCUT2D eigenvalue weighted by atomic mass is 9.96. The summed E-state index contributed by atoms with van der Waals surface area (Å²) in [4.78, 5) is 17.2. The number of hydrogen-bond acceptors (Lipinski definition) is 4. The first-order valence-corrected chi connectivity index (χ1v) is 10.6. The second-order valence-electron chi connectivity index (χ2n) is 7.65. The summed E-state index contributed by atoms with van der Waals surface area (Å²) in [5, 5.41) is 8.94. The van der Waals surface area contributed by atoms with Crippen LogP contribution in [0.2, 0.25) is 0 Å². The molecule has 0 N–H and O–H groups in total. The van der Waals surface area contributed by atoms with Crippen LogP contribution in [0.5, 0.6) is 0 Å². The molecule has 5 nitrogen and oxygen atoms in total. The van der Waals surface area contributed by atoms with Gasteiger partial charge in [0.1, 0.15) is 0 Å². The van der Waals surface area contributed by atoms with Gasteiger partial charge in [0.2, 0.25) is 5.91 Å². The van der Waals surface area contributed by atoms with Crippen LogP contribution in [0.15, 0.2) is 36.4 Å². The Bertz CT molecular complexity index is 774. The maximum absolute atomic E-state index is 13.0. The second kappa shape index (κ2) is 9.67. The molecule has 1 aromatic heterocycles. The topological polar surface area (TPSA) is 49.3 Å². The molecule has 1 saturated heterocycles. The van der Waals surface area contributed by atoms with E-state index in [1.807, 2.05) is 29.2 Å². The number of amides is 1. The van der Waals surface area contributed by atoms with Gasteiger partial charge < -0.3 is 9.80 Å². The smallest absolute Gasteiger partial charge is 0.227 e. The number of carbonyl (C=O) groups is 1. The van der Waals surface area contributed by atoms with Crippen LogP contribution in [-0.4, -0.2) is 47.2 Å². The van der Waals surface area contributed by atoms with Crippen molar-refractivity contribution in [3.8, 4) is 11.3 Å². The number of piperidine rings is 1. The van der Waals surface area contributed by atoms with Crippen LogP contribution in [0.4, 0.5) is 5.82 Å². The van der Waals surface area contributed by atoms with Gasteiger partial charge in [-0.3, -0.25) is 4.79 Å². The minimum absolute atomic E-state index is 0.0587. The average molecular weight is 381 g/mol. The van der Waals surface area contributed by atoms with Gasteiger partial charge >= 0.3 is 0 Å². The largest absolute Gasteiger partial charge is 0.354 e. The summed E-state index contributed by atoms with van der Waals surface area (Å²) >= 11 is 0. The zero-order chi connectivity index (χ0) is 19.9. The molecule has 1 amide bonds. The van der Waals surface area contributed by atoms with Gasteiger partial charge in [0.05, 0.1) is 11.6 Å². The first-order valence-electron chi connectivity index (χ1n) is 10.6. The molecule has 0 radical (unpaired) electrons. The first-order chi connectivity index (χ1) is 13.6. The quantitative estimate of drug-likeness (QED) is 0.718. The van der Waals surface area contributed by atoms with Crippen molar-refractivity contribution in [2.45, 2.75) is 46.5 Å². The zero-order valence-electron chi connectivity index (χ0n) is 17.4. The number of anilines is 1. The van der Waals surface area contributed by atoms with Gasteiger partial charge in [-0.15, -0.1) is 10.2 Å². The third-order valence-corrected chi connectivity index (χ3v) is 5.64. The van der Waals surface area contributed by atoms with Crippen molar-refractivity contribution >= 4 is 11.7 Å². The first kappa shape index (κ1) is 20.3. The van der Waals surface area contributed by atoms with Crippen LogP contribution in [0.25, 0.3) is 11.3 Å². The monoisotopic (exact) mass is 380 g/mol. The summed E-state index contributed by atoms with van der Waals surface area (Å²) < 4.78 is 0. The van der Waals surface area contributed by atoms with Gasteiger partial charge in [-0.05, 0) is 50.8 Å². The zero-order valence-corrected chi connectivity index (χ0v) is 17.4. The fourth-order valence-corrected chi connectivity index (χ4v) is 3.92. The molecule has 2 aromatic rings. The summed E-state index contributed by atoms with van der Waals surface area (Å²) in [5.74, 6) is 1.22. The van der Waals surface area contributed by atoms with Crippen LogP contribution in [0.1, 0.15) is 45.1 Å². The molecule has 150 valence electrons. The molecule has 28 heavy (non-hydrogen) atoms. The average Bonchev–Trinajstić information content (AvgIpc) is 2.75. The highest BCUT2D eigenvalue weighted by molar-refractivity contribution is 5.79. The minimum atomic E-state index is 0.0587. The maximum atomic E-state index is 13.0. The number of aryl methyl sites for hydroxylation is 1. The highest BCUT2D eigenvalue weighted by Crippen LogP contribution is 2.25. The highest BCUT2D eigenvalue weighted by Gasteiger charge is 2.29. The molecule has 2 heterocycles. The predicted octanol–water partition coefficient (Wildman–Crippen LogP) is 4.32. The molecule has 1 aliphatic heterocycles. The van der Waals surface area contributed by atoms with Crippen LogP contribution in [0.3, 0.4) is 0 Å². The van der Waals surface area contributed by atoms with Crippen LogP contribution < -0.4 is 4.90 Å². The van der Waals surface area contributed by atoms with Crippen LogP contribution >= 0.6 is 0 Å². The van der Waals surface area contributed by atoms with Gasteiger partial charge in [-0.1, -0.05) is 37.6 Å². The fourth-order valence-electron chi connectivity index (χ4n) is 3.92. The normalized spacial score (nSPS) is 16.8. The van der Waals surface area contributed by atoms with Crippen molar-refractivity contribution in [3.05, 3.63) is 42.0 Å². The van der Waals surface area contributed by atoms with Gasteiger partial charge in [0, 0.05) is 31.7 Å². The van der Waals surface area contributed by atoms with Crippen LogP contribution in [-0.2, 0) is 4.79 Å². The number of carbonyl (C=O) groups excluding carboxylic acids is 1. The van der Waals surface area contributed by atoms with Crippen molar-refractivity contribution in [2.24, 2.45) is 5.92 Å². The van der Waals surface area contributed by atoms with Gasteiger partial charge in [-0.25, -0.2) is 0 Å². The summed E-state index contributed by atoms with van der Waals surface area (Å²) in [7, 11) is 0. The van der Waals surface area contributed by atoms with Crippen LogP contribution in [0, 0.1) is 12.8 Å². The molecule has 1 fully saturated rings. The molecule has 0 aliphatic carbocycles. The third kappa shape index (κ3) is 4.70. The Morgan fingerprint density at radius 3 is 2.68 bits per heavy atom. The summed E-state index contributed by atoms with van der Waals surface area (Å²) in [6, 6.07) is 12.3. The van der Waals surface area contributed by atoms with Gasteiger partial charge in [0.15, 0.2) is 5.82 Å². The van der Waals surface area contributed by atoms with Crippen molar-refractivity contribution in [1.29, 1.82) is 0 Å². The van der Waals surface area contributed by atoms with E-state index >= 15 is 0 Å². The molecule has 1 atom stereocenters. The molecule has 0 bridgehead atoms. The second-order valence-corrected chi connectivity index (χ2v) is 7.65. The van der Waals surface area contributed by atoms with Crippen molar-refractivity contribution in [2.75, 3.05) is 31.1 Å². The van der Waals surface area contributed by atoms with Crippen molar-refractivity contribution < 1.29 is 4.79 Å². The Morgan fingerprint density at radius 2 is 2.00 bits per heavy atom. The van der Waals surface area contributed by atoms with E-state index in [2.05, 4.69) is 48.0 Å². The Hall–Kier alpha value is -2.43. The Labute approximate surface area is 168 Å². The molecular formula is C23H32N4O. The Morgan fingerprint density at radius 1 is 1.18 bits per heavy atom. The lowest BCUT2D eigenvalue weighted by Crippen LogP contribution is -2.45. The van der Waals surface area contributed by atoms with E-state index in [1.54, 1.807) is 0 Å². The molecule has 1 aromatic carbocycles.